The van der Waals surface area contributed by atoms with Crippen molar-refractivity contribution in [2.24, 2.45) is 0 Å². The third-order valence-electron chi connectivity index (χ3n) is 2.22. The van der Waals surface area contributed by atoms with Crippen LogP contribution in [0.5, 0.6) is 0 Å². The molecule has 7 nitrogen and oxygen atoms in total. The molecule has 7 heteroatoms. The monoisotopic (exact) mass is 240 g/mol. The summed E-state index contributed by atoms with van der Waals surface area (Å²) >= 11 is 0. The second-order valence-electron chi connectivity index (χ2n) is 4.61. The Morgan fingerprint density at radius 1 is 1.47 bits per heavy atom. The average Bonchev–Trinajstić information content (AvgIpc) is 2.67. The van der Waals surface area contributed by atoms with Crippen LogP contribution in [0.3, 0.4) is 0 Å². The molecule has 0 unspecified atom stereocenters. The molecule has 1 aromatic heterocycles. The smallest absolute Gasteiger partial charge is 0.305 e. The van der Waals surface area contributed by atoms with Gasteiger partial charge in [0.15, 0.2) is 0 Å². The van der Waals surface area contributed by atoms with E-state index in [-0.39, 0.29) is 24.7 Å². The lowest BCUT2D eigenvalue weighted by Crippen LogP contribution is -2.47. The number of carbonyl (C=O) groups excluding carboxylic acids is 1. The number of H-pyrrole nitrogens is 1. The SMILES string of the molecule is CC(C)(C)N(CCC(=O)O)C(=O)c1ncn[nH]1. The van der Waals surface area contributed by atoms with Gasteiger partial charge in [-0.15, -0.1) is 0 Å². The van der Waals surface area contributed by atoms with E-state index < -0.39 is 11.5 Å². The fourth-order valence-electron chi connectivity index (χ4n) is 1.39. The summed E-state index contributed by atoms with van der Waals surface area (Å²) < 4.78 is 0. The van der Waals surface area contributed by atoms with Crippen molar-refractivity contribution in [2.45, 2.75) is 32.7 Å². The predicted molar refractivity (Wildman–Crippen MR) is 59.4 cm³/mol. The molecule has 0 bridgehead atoms. The Labute approximate surface area is 98.8 Å². The lowest BCUT2D eigenvalue weighted by Gasteiger charge is -2.34. The molecule has 17 heavy (non-hydrogen) atoms. The summed E-state index contributed by atoms with van der Waals surface area (Å²) in [5.74, 6) is -1.17. The maximum atomic E-state index is 12.1. The van der Waals surface area contributed by atoms with E-state index >= 15 is 0 Å². The van der Waals surface area contributed by atoms with Crippen LogP contribution >= 0.6 is 0 Å². The van der Waals surface area contributed by atoms with Crippen LogP contribution in [0, 0.1) is 0 Å². The standard InChI is InChI=1S/C10H16N4O3/c1-10(2,3)14(5-4-7(15)16)9(17)8-11-6-12-13-8/h6H,4-5H2,1-3H3,(H,15,16)(H,11,12,13). The Morgan fingerprint density at radius 2 is 2.12 bits per heavy atom. The summed E-state index contributed by atoms with van der Waals surface area (Å²) in [5, 5.41) is 14.7. The van der Waals surface area contributed by atoms with Crippen LogP contribution in [0.4, 0.5) is 0 Å². The summed E-state index contributed by atoms with van der Waals surface area (Å²) in [7, 11) is 0. The molecule has 0 spiro atoms. The van der Waals surface area contributed by atoms with Gasteiger partial charge in [0, 0.05) is 12.1 Å². The number of carboxylic acids is 1. The van der Waals surface area contributed by atoms with Gasteiger partial charge in [0.1, 0.15) is 6.33 Å². The Kier molecular flexibility index (Phi) is 3.82. The number of carboxylic acid groups (broad SMARTS) is 1. The Balaban J connectivity index is 2.84. The zero-order valence-electron chi connectivity index (χ0n) is 10.1. The van der Waals surface area contributed by atoms with E-state index in [1.54, 1.807) is 0 Å². The number of hydrogen-bond donors (Lipinski definition) is 2. The van der Waals surface area contributed by atoms with E-state index in [2.05, 4.69) is 15.2 Å². The number of nitrogens with zero attached hydrogens (tertiary/aromatic N) is 3. The highest BCUT2D eigenvalue weighted by Crippen LogP contribution is 2.16. The van der Waals surface area contributed by atoms with Gasteiger partial charge in [-0.1, -0.05) is 0 Å². The number of aromatic amines is 1. The van der Waals surface area contributed by atoms with Crippen molar-refractivity contribution in [1.29, 1.82) is 0 Å². The van der Waals surface area contributed by atoms with Crippen LogP contribution < -0.4 is 0 Å². The summed E-state index contributed by atoms with van der Waals surface area (Å²) in [6.45, 7) is 5.65. The topological polar surface area (TPSA) is 99.2 Å². The molecular formula is C10H16N4O3. The van der Waals surface area contributed by atoms with Gasteiger partial charge in [-0.05, 0) is 20.8 Å². The Bertz CT molecular complexity index is 394. The first-order valence-corrected chi connectivity index (χ1v) is 5.21. The van der Waals surface area contributed by atoms with E-state index in [1.807, 2.05) is 20.8 Å². The maximum absolute atomic E-state index is 12.1. The van der Waals surface area contributed by atoms with Gasteiger partial charge < -0.3 is 10.0 Å². The molecule has 1 rings (SSSR count). The minimum Gasteiger partial charge on any atom is -0.481 e. The molecule has 0 atom stereocenters. The molecule has 1 heterocycles. The predicted octanol–water partition coefficient (Wildman–Crippen LogP) is 0.520. The van der Waals surface area contributed by atoms with E-state index in [9.17, 15) is 9.59 Å². The molecule has 0 radical (unpaired) electrons. The van der Waals surface area contributed by atoms with Crippen LogP contribution in [0.15, 0.2) is 6.33 Å². The molecule has 0 aliphatic rings. The highest BCUT2D eigenvalue weighted by molar-refractivity contribution is 5.91. The number of carbonyl (C=O) groups is 2. The molecule has 2 N–H and O–H groups in total. The highest BCUT2D eigenvalue weighted by Gasteiger charge is 2.29. The van der Waals surface area contributed by atoms with Gasteiger partial charge in [0.2, 0.25) is 5.82 Å². The van der Waals surface area contributed by atoms with Gasteiger partial charge in [-0.25, -0.2) is 4.98 Å². The summed E-state index contributed by atoms with van der Waals surface area (Å²) in [4.78, 5) is 27.9. The van der Waals surface area contributed by atoms with Crippen molar-refractivity contribution < 1.29 is 14.7 Å². The Hall–Kier alpha value is -1.92. The molecule has 0 aliphatic carbocycles. The first kappa shape index (κ1) is 13.1. The van der Waals surface area contributed by atoms with E-state index in [1.165, 1.54) is 11.2 Å². The van der Waals surface area contributed by atoms with Crippen molar-refractivity contribution >= 4 is 11.9 Å². The van der Waals surface area contributed by atoms with Crippen molar-refractivity contribution in [3.05, 3.63) is 12.2 Å². The molecular weight excluding hydrogens is 224 g/mol. The first-order valence-electron chi connectivity index (χ1n) is 5.21. The number of aromatic nitrogens is 3. The van der Waals surface area contributed by atoms with Crippen LogP contribution in [0.1, 0.15) is 37.8 Å². The molecule has 0 saturated heterocycles. The number of aliphatic carboxylic acids is 1. The third kappa shape index (κ3) is 3.54. The Morgan fingerprint density at radius 3 is 2.53 bits per heavy atom. The van der Waals surface area contributed by atoms with Gasteiger partial charge in [-0.2, -0.15) is 5.10 Å². The zero-order chi connectivity index (χ0) is 13.1. The summed E-state index contributed by atoms with van der Waals surface area (Å²) in [6, 6.07) is 0. The third-order valence-corrected chi connectivity index (χ3v) is 2.22. The number of amides is 1. The largest absolute Gasteiger partial charge is 0.481 e. The zero-order valence-corrected chi connectivity index (χ0v) is 10.1. The first-order chi connectivity index (χ1) is 7.82. The molecule has 1 aromatic rings. The fourth-order valence-corrected chi connectivity index (χ4v) is 1.39. The van der Waals surface area contributed by atoms with Crippen molar-refractivity contribution in [1.82, 2.24) is 20.1 Å². The second kappa shape index (κ2) is 4.94. The molecule has 0 aromatic carbocycles. The average molecular weight is 240 g/mol. The molecule has 0 fully saturated rings. The van der Waals surface area contributed by atoms with Crippen LogP contribution in [-0.4, -0.2) is 49.1 Å². The van der Waals surface area contributed by atoms with Crippen LogP contribution in [0.25, 0.3) is 0 Å². The quantitative estimate of drug-likeness (QED) is 0.799. The molecule has 94 valence electrons. The minimum atomic E-state index is -0.940. The van der Waals surface area contributed by atoms with E-state index in [0.717, 1.165) is 0 Å². The minimum absolute atomic E-state index is 0.100. The lowest BCUT2D eigenvalue weighted by atomic mass is 10.1. The molecule has 0 saturated carbocycles. The lowest BCUT2D eigenvalue weighted by molar-refractivity contribution is -0.137. The fraction of sp³-hybridized carbons (Fsp3) is 0.600. The van der Waals surface area contributed by atoms with Crippen LogP contribution in [0.2, 0.25) is 0 Å². The number of rotatable bonds is 4. The number of nitrogens with one attached hydrogen (secondary N) is 1. The molecule has 1 amide bonds. The van der Waals surface area contributed by atoms with E-state index in [0.29, 0.717) is 0 Å². The molecule has 0 aliphatic heterocycles. The summed E-state index contributed by atoms with van der Waals surface area (Å²) in [5.41, 5.74) is -0.473. The highest BCUT2D eigenvalue weighted by atomic mass is 16.4. The van der Waals surface area contributed by atoms with Gasteiger partial charge in [-0.3, -0.25) is 14.7 Å². The number of hydrogen-bond acceptors (Lipinski definition) is 4. The van der Waals surface area contributed by atoms with Gasteiger partial charge in [0.05, 0.1) is 6.42 Å². The van der Waals surface area contributed by atoms with E-state index in [4.69, 9.17) is 5.11 Å². The summed E-state index contributed by atoms with van der Waals surface area (Å²) in [6.07, 6.45) is 1.14. The second-order valence-corrected chi connectivity index (χ2v) is 4.61. The van der Waals surface area contributed by atoms with Crippen molar-refractivity contribution in [3.8, 4) is 0 Å². The van der Waals surface area contributed by atoms with Crippen molar-refractivity contribution in [3.63, 3.8) is 0 Å². The van der Waals surface area contributed by atoms with Gasteiger partial charge in [0.25, 0.3) is 5.91 Å². The maximum Gasteiger partial charge on any atom is 0.305 e. The van der Waals surface area contributed by atoms with Gasteiger partial charge >= 0.3 is 5.97 Å². The van der Waals surface area contributed by atoms with Crippen molar-refractivity contribution in [2.75, 3.05) is 6.54 Å². The van der Waals surface area contributed by atoms with Crippen LogP contribution in [-0.2, 0) is 4.79 Å². The normalized spacial score (nSPS) is 11.2.